The highest BCUT2D eigenvalue weighted by Gasteiger charge is 2.38. The number of carbonyl (C=O) groups excluding carboxylic acids is 3. The molecule has 1 fully saturated rings. The van der Waals surface area contributed by atoms with Crippen LogP contribution < -0.4 is 14.8 Å². The van der Waals surface area contributed by atoms with Crippen LogP contribution >= 0.6 is 0 Å². The fraction of sp³-hybridized carbons (Fsp3) is 0.310. The number of hydrogen-bond donors (Lipinski definition) is 1. The maximum absolute atomic E-state index is 13.9. The van der Waals surface area contributed by atoms with Crippen LogP contribution in [-0.4, -0.2) is 42.1 Å². The van der Waals surface area contributed by atoms with E-state index in [-0.39, 0.29) is 29.5 Å². The minimum atomic E-state index is -1.10. The van der Waals surface area contributed by atoms with Crippen molar-refractivity contribution < 1.29 is 37.4 Å². The Kier molecular flexibility index (Phi) is 7.28. The van der Waals surface area contributed by atoms with Crippen LogP contribution in [0.5, 0.6) is 11.5 Å². The first-order chi connectivity index (χ1) is 18.7. The van der Waals surface area contributed by atoms with Gasteiger partial charge in [-0.3, -0.25) is 9.59 Å². The van der Waals surface area contributed by atoms with Crippen LogP contribution in [0.4, 0.5) is 8.78 Å². The molecule has 2 aromatic carbocycles. The number of nitrogens with one attached hydrogen (secondary N) is 1. The molecular weight excluding hydrogens is 510 g/mol. The van der Waals surface area contributed by atoms with Crippen molar-refractivity contribution in [1.82, 2.24) is 10.3 Å². The second-order valence-corrected chi connectivity index (χ2v) is 9.63. The molecule has 0 spiro atoms. The van der Waals surface area contributed by atoms with Crippen molar-refractivity contribution >= 4 is 17.8 Å². The van der Waals surface area contributed by atoms with E-state index in [1.165, 1.54) is 50.6 Å². The molecule has 2 aliphatic carbocycles. The smallest absolute Gasteiger partial charge is 0.328 e. The number of benzene rings is 2. The largest absolute Gasteiger partial charge is 0.493 e. The molecule has 1 N–H and O–H groups in total. The van der Waals surface area contributed by atoms with E-state index >= 15 is 0 Å². The molecule has 0 saturated heterocycles. The number of fused-ring (bicyclic) bond motifs is 1. The number of carbonyl (C=O) groups is 3. The van der Waals surface area contributed by atoms with Gasteiger partial charge in [0.25, 0.3) is 5.91 Å². The van der Waals surface area contributed by atoms with Crippen molar-refractivity contribution in [3.05, 3.63) is 88.7 Å². The van der Waals surface area contributed by atoms with Gasteiger partial charge in [0.15, 0.2) is 11.4 Å². The summed E-state index contributed by atoms with van der Waals surface area (Å²) in [4.78, 5) is 42.5. The number of nitrogens with zero attached hydrogens (tertiary/aromatic N) is 1. The Morgan fingerprint density at radius 2 is 1.74 bits per heavy atom. The third kappa shape index (κ3) is 5.59. The highest BCUT2D eigenvalue weighted by molar-refractivity contribution is 5.98. The number of aromatic nitrogens is 1. The van der Waals surface area contributed by atoms with Crippen LogP contribution in [0.1, 0.15) is 52.9 Å². The Hall–Kier alpha value is -4.34. The molecule has 0 bridgehead atoms. The van der Waals surface area contributed by atoms with Gasteiger partial charge in [0.05, 0.1) is 13.0 Å². The monoisotopic (exact) mass is 536 g/mol. The SMILES string of the molecule is COc1ccnc(C(=O)N[C@@H](C)C(=O)OC2Cc3cc(F)ccc3C2c2ccc(F)cc2)c1OC(=O)C1CC1. The molecule has 1 aromatic heterocycles. The van der Waals surface area contributed by atoms with Gasteiger partial charge in [-0.1, -0.05) is 18.2 Å². The molecule has 3 aromatic rings. The van der Waals surface area contributed by atoms with E-state index in [1.54, 1.807) is 18.2 Å². The van der Waals surface area contributed by atoms with Gasteiger partial charge in [-0.25, -0.2) is 18.6 Å². The lowest BCUT2D eigenvalue weighted by Crippen LogP contribution is -2.42. The third-order valence-electron chi connectivity index (χ3n) is 6.85. The Balaban J connectivity index is 1.32. The predicted molar refractivity (Wildman–Crippen MR) is 134 cm³/mol. The minimum Gasteiger partial charge on any atom is -0.493 e. The molecule has 3 atom stereocenters. The molecule has 202 valence electrons. The van der Waals surface area contributed by atoms with Gasteiger partial charge in [-0.2, -0.15) is 0 Å². The van der Waals surface area contributed by atoms with Gasteiger partial charge in [0.1, 0.15) is 23.8 Å². The lowest BCUT2D eigenvalue weighted by Gasteiger charge is -2.23. The summed E-state index contributed by atoms with van der Waals surface area (Å²) in [7, 11) is 1.37. The van der Waals surface area contributed by atoms with Crippen molar-refractivity contribution in [3.63, 3.8) is 0 Å². The van der Waals surface area contributed by atoms with Gasteiger partial charge in [-0.15, -0.1) is 0 Å². The average Bonchev–Trinajstić information content (AvgIpc) is 3.71. The van der Waals surface area contributed by atoms with E-state index in [0.29, 0.717) is 24.0 Å². The van der Waals surface area contributed by atoms with E-state index in [9.17, 15) is 23.2 Å². The molecule has 10 heteroatoms. The summed E-state index contributed by atoms with van der Waals surface area (Å²) in [6.45, 7) is 1.45. The summed E-state index contributed by atoms with van der Waals surface area (Å²) >= 11 is 0. The van der Waals surface area contributed by atoms with E-state index in [1.807, 2.05) is 0 Å². The summed E-state index contributed by atoms with van der Waals surface area (Å²) in [5.74, 6) is -3.43. The number of ether oxygens (including phenoxy) is 3. The first-order valence-corrected chi connectivity index (χ1v) is 12.5. The summed E-state index contributed by atoms with van der Waals surface area (Å²) in [6, 6.07) is 10.5. The molecule has 1 saturated carbocycles. The molecular formula is C29H26F2N2O6. The molecule has 2 aliphatic rings. The second-order valence-electron chi connectivity index (χ2n) is 9.63. The lowest BCUT2D eigenvalue weighted by molar-refractivity contribution is -0.151. The lowest BCUT2D eigenvalue weighted by atomic mass is 9.91. The highest BCUT2D eigenvalue weighted by atomic mass is 19.1. The van der Waals surface area contributed by atoms with Crippen LogP contribution in [-0.2, 0) is 20.7 Å². The summed E-state index contributed by atoms with van der Waals surface area (Å²) < 4.78 is 44.0. The zero-order valence-corrected chi connectivity index (χ0v) is 21.3. The van der Waals surface area contributed by atoms with Crippen LogP contribution in [0.2, 0.25) is 0 Å². The van der Waals surface area contributed by atoms with E-state index in [4.69, 9.17) is 14.2 Å². The van der Waals surface area contributed by atoms with Crippen molar-refractivity contribution in [1.29, 1.82) is 0 Å². The molecule has 5 rings (SSSR count). The highest BCUT2D eigenvalue weighted by Crippen LogP contribution is 2.41. The number of pyridine rings is 1. The maximum Gasteiger partial charge on any atom is 0.328 e. The van der Waals surface area contributed by atoms with E-state index < -0.39 is 47.5 Å². The Morgan fingerprint density at radius 1 is 1.03 bits per heavy atom. The first kappa shape index (κ1) is 26.3. The van der Waals surface area contributed by atoms with E-state index in [0.717, 1.165) is 5.56 Å². The summed E-state index contributed by atoms with van der Waals surface area (Å²) in [5.41, 5.74) is 1.96. The van der Waals surface area contributed by atoms with Crippen molar-refractivity contribution in [3.8, 4) is 11.5 Å². The number of esters is 2. The Labute approximate surface area is 223 Å². The van der Waals surface area contributed by atoms with Gasteiger partial charge in [0.2, 0.25) is 5.75 Å². The predicted octanol–water partition coefficient (Wildman–Crippen LogP) is 4.10. The normalized spacial score (nSPS) is 18.6. The third-order valence-corrected chi connectivity index (χ3v) is 6.85. The topological polar surface area (TPSA) is 104 Å². The molecule has 0 radical (unpaired) electrons. The van der Waals surface area contributed by atoms with E-state index in [2.05, 4.69) is 10.3 Å². The van der Waals surface area contributed by atoms with Crippen LogP contribution in [0.15, 0.2) is 54.7 Å². The molecule has 8 nitrogen and oxygen atoms in total. The number of hydrogen-bond acceptors (Lipinski definition) is 7. The van der Waals surface area contributed by atoms with Crippen LogP contribution in [0.25, 0.3) is 0 Å². The van der Waals surface area contributed by atoms with Crippen LogP contribution in [0.3, 0.4) is 0 Å². The average molecular weight is 537 g/mol. The van der Waals surface area contributed by atoms with Crippen molar-refractivity contribution in [2.45, 2.75) is 44.2 Å². The number of methoxy groups -OCH3 is 1. The maximum atomic E-state index is 13.9. The van der Waals surface area contributed by atoms with Gasteiger partial charge >= 0.3 is 11.9 Å². The van der Waals surface area contributed by atoms with Crippen molar-refractivity contribution in [2.75, 3.05) is 7.11 Å². The summed E-state index contributed by atoms with van der Waals surface area (Å²) in [5, 5.41) is 2.54. The Bertz CT molecular complexity index is 1420. The minimum absolute atomic E-state index is 0.125. The number of amides is 1. The standard InChI is InChI=1S/C29H26F2N2O6/c1-15(33-27(34)25-26(22(37-2)11-12-32-25)39-29(36)17-3-4-17)28(35)38-23-14-18-13-20(31)9-10-21(18)24(23)16-5-7-19(30)8-6-16/h5-13,15,17,23-24H,3-4,14H2,1-2H3,(H,33,34)/t15-,23?,24?/m0/s1. The van der Waals surface area contributed by atoms with Crippen molar-refractivity contribution in [2.24, 2.45) is 5.92 Å². The fourth-order valence-corrected chi connectivity index (χ4v) is 4.69. The molecule has 39 heavy (non-hydrogen) atoms. The fourth-order valence-electron chi connectivity index (χ4n) is 4.69. The molecule has 0 aliphatic heterocycles. The number of halogens is 2. The molecule has 2 unspecified atom stereocenters. The van der Waals surface area contributed by atoms with Gasteiger partial charge < -0.3 is 19.5 Å². The summed E-state index contributed by atoms with van der Waals surface area (Å²) in [6.07, 6.45) is 2.29. The van der Waals surface area contributed by atoms with Gasteiger partial charge in [-0.05, 0) is 60.7 Å². The van der Waals surface area contributed by atoms with Crippen LogP contribution in [0, 0.1) is 17.6 Å². The number of rotatable bonds is 8. The molecule has 1 amide bonds. The second kappa shape index (κ2) is 10.8. The quantitative estimate of drug-likeness (QED) is 0.433. The zero-order chi connectivity index (χ0) is 27.7. The zero-order valence-electron chi connectivity index (χ0n) is 21.3. The molecule has 1 heterocycles. The van der Waals surface area contributed by atoms with Gasteiger partial charge in [0, 0.05) is 24.6 Å². The Morgan fingerprint density at radius 3 is 2.44 bits per heavy atom. The first-order valence-electron chi connectivity index (χ1n) is 12.5.